The van der Waals surface area contributed by atoms with Crippen LogP contribution in [0, 0.1) is 11.7 Å². The highest BCUT2D eigenvalue weighted by Gasteiger charge is 2.28. The molecular formula is C12H13FO3. The van der Waals surface area contributed by atoms with Crippen LogP contribution in [0.15, 0.2) is 24.3 Å². The lowest BCUT2D eigenvalue weighted by molar-refractivity contribution is -0.147. The summed E-state index contributed by atoms with van der Waals surface area (Å²) in [7, 11) is 0. The highest BCUT2D eigenvalue weighted by molar-refractivity contribution is 5.70. The molecule has 86 valence electrons. The van der Waals surface area contributed by atoms with Gasteiger partial charge in [0, 0.05) is 6.61 Å². The molecule has 4 heteroatoms. The Morgan fingerprint density at radius 2 is 2.31 bits per heavy atom. The van der Waals surface area contributed by atoms with Gasteiger partial charge in [-0.1, -0.05) is 12.1 Å². The van der Waals surface area contributed by atoms with Gasteiger partial charge in [0.1, 0.15) is 5.82 Å². The molecule has 0 aliphatic carbocycles. The minimum atomic E-state index is -0.801. The molecule has 0 spiro atoms. The number of ether oxygens (including phenoxy) is 1. The maximum Gasteiger partial charge on any atom is 0.306 e. The maximum atomic E-state index is 13.0. The van der Waals surface area contributed by atoms with Crippen LogP contribution in [-0.2, 0) is 9.53 Å². The van der Waals surface area contributed by atoms with Crippen molar-refractivity contribution in [3.8, 4) is 0 Å². The third kappa shape index (κ3) is 2.39. The Bertz CT molecular complexity index is 392. The lowest BCUT2D eigenvalue weighted by Gasteiger charge is -2.27. The van der Waals surface area contributed by atoms with Crippen LogP contribution < -0.4 is 0 Å². The number of aliphatic carboxylic acids is 1. The second-order valence-corrected chi connectivity index (χ2v) is 3.97. The van der Waals surface area contributed by atoms with Gasteiger partial charge in [-0.15, -0.1) is 0 Å². The number of carboxylic acids is 1. The van der Waals surface area contributed by atoms with Crippen molar-refractivity contribution in [3.63, 3.8) is 0 Å². The molecule has 1 fully saturated rings. The fraction of sp³-hybridized carbons (Fsp3) is 0.417. The summed E-state index contributed by atoms with van der Waals surface area (Å²) in [6.45, 7) is 0.415. The van der Waals surface area contributed by atoms with Gasteiger partial charge in [-0.3, -0.25) is 4.79 Å². The smallest absolute Gasteiger partial charge is 0.306 e. The predicted octanol–water partition coefficient (Wildman–Crippen LogP) is 2.38. The van der Waals surface area contributed by atoms with Crippen LogP contribution in [0.5, 0.6) is 0 Å². The number of hydrogen-bond acceptors (Lipinski definition) is 2. The van der Waals surface area contributed by atoms with Crippen LogP contribution in [0.1, 0.15) is 24.5 Å². The van der Waals surface area contributed by atoms with E-state index in [9.17, 15) is 9.18 Å². The Kier molecular flexibility index (Phi) is 3.19. The van der Waals surface area contributed by atoms with Crippen molar-refractivity contribution in [2.24, 2.45) is 5.92 Å². The molecule has 1 aromatic carbocycles. The molecule has 1 aliphatic heterocycles. The summed E-state index contributed by atoms with van der Waals surface area (Å²) in [4.78, 5) is 10.9. The highest BCUT2D eigenvalue weighted by Crippen LogP contribution is 2.31. The fourth-order valence-electron chi connectivity index (χ4n) is 1.96. The minimum absolute atomic E-state index is 0.300. The van der Waals surface area contributed by atoms with Crippen molar-refractivity contribution >= 4 is 5.97 Å². The summed E-state index contributed by atoms with van der Waals surface area (Å²) in [6.07, 6.45) is 0.644. The third-order valence-electron chi connectivity index (χ3n) is 2.85. The fourth-order valence-corrected chi connectivity index (χ4v) is 1.96. The SMILES string of the molecule is O=C(O)C1CCOC(c2cccc(F)c2)C1. The predicted molar refractivity (Wildman–Crippen MR) is 55.5 cm³/mol. The minimum Gasteiger partial charge on any atom is -0.481 e. The monoisotopic (exact) mass is 224 g/mol. The topological polar surface area (TPSA) is 46.5 Å². The van der Waals surface area contributed by atoms with E-state index < -0.39 is 5.97 Å². The first-order valence-electron chi connectivity index (χ1n) is 5.26. The zero-order chi connectivity index (χ0) is 11.5. The summed E-state index contributed by atoms with van der Waals surface area (Å²) in [5.41, 5.74) is 0.714. The Morgan fingerprint density at radius 3 is 3.00 bits per heavy atom. The lowest BCUT2D eigenvalue weighted by Crippen LogP contribution is -2.25. The van der Waals surface area contributed by atoms with Crippen molar-refractivity contribution in [3.05, 3.63) is 35.6 Å². The summed E-state index contributed by atoms with van der Waals surface area (Å²) in [5, 5.41) is 8.93. The first-order chi connectivity index (χ1) is 7.66. The number of hydrogen-bond donors (Lipinski definition) is 1. The molecule has 1 heterocycles. The third-order valence-corrected chi connectivity index (χ3v) is 2.85. The standard InChI is InChI=1S/C12H13FO3/c13-10-3-1-2-8(6-10)11-7-9(12(14)15)4-5-16-11/h1-3,6,9,11H,4-5,7H2,(H,14,15). The van der Waals surface area contributed by atoms with Crippen LogP contribution in [0.4, 0.5) is 4.39 Å². The normalized spacial score (nSPS) is 25.3. The Morgan fingerprint density at radius 1 is 1.50 bits per heavy atom. The molecule has 2 unspecified atom stereocenters. The number of carboxylic acid groups (broad SMARTS) is 1. The van der Waals surface area contributed by atoms with Crippen molar-refractivity contribution in [2.45, 2.75) is 18.9 Å². The van der Waals surface area contributed by atoms with Crippen LogP contribution in [0.3, 0.4) is 0 Å². The van der Waals surface area contributed by atoms with Gasteiger partial charge < -0.3 is 9.84 Å². The van der Waals surface area contributed by atoms with Gasteiger partial charge >= 0.3 is 5.97 Å². The van der Waals surface area contributed by atoms with Crippen molar-refractivity contribution in [1.82, 2.24) is 0 Å². The van der Waals surface area contributed by atoms with Crippen LogP contribution in [0.25, 0.3) is 0 Å². The number of benzene rings is 1. The molecule has 0 bridgehead atoms. The average Bonchev–Trinajstić information content (AvgIpc) is 2.29. The van der Waals surface area contributed by atoms with E-state index in [0.29, 0.717) is 25.0 Å². The number of rotatable bonds is 2. The molecule has 2 atom stereocenters. The molecule has 0 saturated carbocycles. The quantitative estimate of drug-likeness (QED) is 0.838. The van der Waals surface area contributed by atoms with Gasteiger partial charge in [0.05, 0.1) is 12.0 Å². The molecule has 1 aliphatic rings. The lowest BCUT2D eigenvalue weighted by atomic mass is 9.92. The van der Waals surface area contributed by atoms with Crippen LogP contribution in [-0.4, -0.2) is 17.7 Å². The van der Waals surface area contributed by atoms with Crippen molar-refractivity contribution in [2.75, 3.05) is 6.61 Å². The van der Waals surface area contributed by atoms with Crippen molar-refractivity contribution in [1.29, 1.82) is 0 Å². The largest absolute Gasteiger partial charge is 0.481 e. The van der Waals surface area contributed by atoms with Gasteiger partial charge in [0.25, 0.3) is 0 Å². The van der Waals surface area contributed by atoms with E-state index in [4.69, 9.17) is 9.84 Å². The average molecular weight is 224 g/mol. The molecule has 0 amide bonds. The van der Waals surface area contributed by atoms with Gasteiger partial charge in [-0.2, -0.15) is 0 Å². The van der Waals surface area contributed by atoms with Gasteiger partial charge in [0.2, 0.25) is 0 Å². The van der Waals surface area contributed by atoms with Crippen LogP contribution in [0.2, 0.25) is 0 Å². The van der Waals surface area contributed by atoms with Gasteiger partial charge in [-0.25, -0.2) is 4.39 Å². The maximum absolute atomic E-state index is 13.0. The Labute approximate surface area is 92.9 Å². The number of halogens is 1. The molecule has 0 radical (unpaired) electrons. The van der Waals surface area contributed by atoms with E-state index in [1.807, 2.05) is 0 Å². The number of carbonyl (C=O) groups is 1. The molecule has 1 saturated heterocycles. The molecule has 0 aromatic heterocycles. The zero-order valence-corrected chi connectivity index (χ0v) is 8.73. The summed E-state index contributed by atoms with van der Waals surface area (Å²) in [6, 6.07) is 6.13. The van der Waals surface area contributed by atoms with E-state index in [-0.39, 0.29) is 17.8 Å². The van der Waals surface area contributed by atoms with E-state index in [2.05, 4.69) is 0 Å². The van der Waals surface area contributed by atoms with Crippen molar-refractivity contribution < 1.29 is 19.0 Å². The second kappa shape index (κ2) is 4.61. The van der Waals surface area contributed by atoms with E-state index in [1.165, 1.54) is 12.1 Å². The molecule has 3 nitrogen and oxygen atoms in total. The highest BCUT2D eigenvalue weighted by atomic mass is 19.1. The zero-order valence-electron chi connectivity index (χ0n) is 8.73. The second-order valence-electron chi connectivity index (χ2n) is 3.97. The summed E-state index contributed by atoms with van der Waals surface area (Å²) >= 11 is 0. The van der Waals surface area contributed by atoms with Crippen LogP contribution >= 0.6 is 0 Å². The summed E-state index contributed by atoms with van der Waals surface area (Å²) < 4.78 is 18.5. The summed E-state index contributed by atoms with van der Waals surface area (Å²) in [5.74, 6) is -1.51. The Hall–Kier alpha value is -1.42. The van der Waals surface area contributed by atoms with E-state index >= 15 is 0 Å². The van der Waals surface area contributed by atoms with Gasteiger partial charge in [-0.05, 0) is 30.5 Å². The molecule has 1 N–H and O–H groups in total. The van der Waals surface area contributed by atoms with Gasteiger partial charge in [0.15, 0.2) is 0 Å². The first kappa shape index (κ1) is 11.1. The molecule has 1 aromatic rings. The Balaban J connectivity index is 2.12. The van der Waals surface area contributed by atoms with E-state index in [1.54, 1.807) is 12.1 Å². The molecule has 2 rings (SSSR count). The molecule has 16 heavy (non-hydrogen) atoms. The first-order valence-corrected chi connectivity index (χ1v) is 5.26. The molecular weight excluding hydrogens is 211 g/mol. The van der Waals surface area contributed by atoms with E-state index in [0.717, 1.165) is 0 Å².